The Balaban J connectivity index is 4.51. The highest BCUT2D eigenvalue weighted by Crippen LogP contribution is 2.43. The quantitative estimate of drug-likeness (QED) is 0.0243. The number of nitrogens with zero attached hydrogens (tertiary/aromatic N) is 1. The number of carbonyl (C=O) groups excluding carboxylic acids is 1. The van der Waals surface area contributed by atoms with E-state index in [-0.39, 0.29) is 25.5 Å². The molecule has 63 heavy (non-hydrogen) atoms. The number of phosphoric acid groups is 1. The number of unbranched alkanes of at least 4 members (excludes halogenated alkanes) is 17. The van der Waals surface area contributed by atoms with Crippen molar-refractivity contribution in [2.45, 2.75) is 199 Å². The van der Waals surface area contributed by atoms with E-state index in [1.54, 1.807) is 6.08 Å². The van der Waals surface area contributed by atoms with Crippen molar-refractivity contribution in [3.05, 3.63) is 97.2 Å². The fourth-order valence-corrected chi connectivity index (χ4v) is 7.34. The average Bonchev–Trinajstić information content (AvgIpc) is 3.24. The van der Waals surface area contributed by atoms with E-state index in [2.05, 4.69) is 92.1 Å². The van der Waals surface area contributed by atoms with Crippen molar-refractivity contribution in [2.75, 3.05) is 40.9 Å². The number of amides is 1. The Morgan fingerprint density at radius 2 is 0.968 bits per heavy atom. The largest absolute Gasteiger partial charge is 0.472 e. The molecule has 0 aromatic carbocycles. The molecule has 0 aromatic heterocycles. The molecule has 8 nitrogen and oxygen atoms in total. The van der Waals surface area contributed by atoms with Crippen molar-refractivity contribution in [1.29, 1.82) is 0 Å². The minimum Gasteiger partial charge on any atom is -0.387 e. The van der Waals surface area contributed by atoms with Gasteiger partial charge in [0.25, 0.3) is 0 Å². The zero-order valence-corrected chi connectivity index (χ0v) is 41.9. The Kier molecular flexibility index (Phi) is 42.8. The number of quaternary nitrogens is 1. The molecule has 0 aromatic rings. The van der Waals surface area contributed by atoms with Gasteiger partial charge in [0.15, 0.2) is 0 Å². The Labute approximate surface area is 388 Å². The third kappa shape index (κ3) is 47.2. The standard InChI is InChI=1S/C54H95N2O6P/c1-6-8-10-12-14-16-18-20-22-24-26-27-28-30-31-33-35-37-39-41-43-45-47-53(57)52(51-62-63(59,60)61-50-49-56(3,4)5)55-54(58)48-46-44-42-40-38-36-34-32-29-25-23-21-19-17-15-13-11-9-7-2/h9,11,15,17,21,23,29,32,36-39,42,44-45,47,52-53,57H,6-8,10,12-14,16,18-20,22,24-28,30-31,33-35,40-41,43,46,48-51H2,1-5H3,(H-,55,58,59,60)/p+1/b11-9-,17-15-,23-21-,32-29-,38-36-,39-37+,44-42-,47-45+. The number of aliphatic hydroxyl groups is 1. The predicted octanol–water partition coefficient (Wildman–Crippen LogP) is 14.7. The van der Waals surface area contributed by atoms with Crippen LogP contribution < -0.4 is 5.32 Å². The lowest BCUT2D eigenvalue weighted by Crippen LogP contribution is -2.45. The molecule has 0 saturated carbocycles. The molecule has 9 heteroatoms. The van der Waals surface area contributed by atoms with Crippen LogP contribution in [0.2, 0.25) is 0 Å². The SMILES string of the molecule is CC/C=C\C/C=C\C/C=C\C/C=C\C/C=C\C/C=C\CCC(=O)NC(COP(=O)(O)OCC[N+](C)(C)C)C(O)/C=C/CC/C=C/CCCCCCCCCCCCCCCCCC. The van der Waals surface area contributed by atoms with Crippen molar-refractivity contribution in [3.63, 3.8) is 0 Å². The second-order valence-corrected chi connectivity index (χ2v) is 19.3. The number of hydrogen-bond acceptors (Lipinski definition) is 5. The number of hydrogen-bond donors (Lipinski definition) is 3. The number of phosphoric ester groups is 1. The van der Waals surface area contributed by atoms with Crippen LogP contribution in [0.4, 0.5) is 0 Å². The van der Waals surface area contributed by atoms with E-state index >= 15 is 0 Å². The second-order valence-electron chi connectivity index (χ2n) is 17.8. The summed E-state index contributed by atoms with van der Waals surface area (Å²) < 4.78 is 23.6. The van der Waals surface area contributed by atoms with Crippen LogP contribution in [0.5, 0.6) is 0 Å². The van der Waals surface area contributed by atoms with Crippen LogP contribution >= 0.6 is 7.82 Å². The van der Waals surface area contributed by atoms with E-state index in [0.717, 1.165) is 57.8 Å². The average molecular weight is 900 g/mol. The van der Waals surface area contributed by atoms with Crippen LogP contribution in [0.25, 0.3) is 0 Å². The molecule has 0 aliphatic rings. The third-order valence-corrected chi connectivity index (χ3v) is 11.5. The molecule has 0 radical (unpaired) electrons. The first kappa shape index (κ1) is 60.4. The van der Waals surface area contributed by atoms with Crippen molar-refractivity contribution in [3.8, 4) is 0 Å². The van der Waals surface area contributed by atoms with Crippen LogP contribution in [-0.4, -0.2) is 73.4 Å². The Bertz CT molecular complexity index is 1340. The highest BCUT2D eigenvalue weighted by molar-refractivity contribution is 7.47. The smallest absolute Gasteiger partial charge is 0.387 e. The van der Waals surface area contributed by atoms with Crippen molar-refractivity contribution in [1.82, 2.24) is 5.32 Å². The number of aliphatic hydroxyl groups excluding tert-OH is 1. The van der Waals surface area contributed by atoms with Crippen LogP contribution in [0.1, 0.15) is 187 Å². The summed E-state index contributed by atoms with van der Waals surface area (Å²) in [6.07, 6.45) is 63.7. The van der Waals surface area contributed by atoms with Crippen molar-refractivity contribution >= 4 is 13.7 Å². The van der Waals surface area contributed by atoms with Gasteiger partial charge >= 0.3 is 7.82 Å². The summed E-state index contributed by atoms with van der Waals surface area (Å²) >= 11 is 0. The maximum absolute atomic E-state index is 12.9. The molecule has 0 aliphatic carbocycles. The minimum atomic E-state index is -4.38. The summed E-state index contributed by atoms with van der Waals surface area (Å²) in [5.74, 6) is -0.272. The van der Waals surface area contributed by atoms with Gasteiger partial charge in [-0.3, -0.25) is 13.8 Å². The van der Waals surface area contributed by atoms with Gasteiger partial charge < -0.3 is 19.8 Å². The van der Waals surface area contributed by atoms with Gasteiger partial charge in [-0.2, -0.15) is 0 Å². The Morgan fingerprint density at radius 1 is 0.556 bits per heavy atom. The first-order valence-electron chi connectivity index (χ1n) is 25.1. The van der Waals surface area contributed by atoms with Gasteiger partial charge in [0, 0.05) is 6.42 Å². The molecule has 0 saturated heterocycles. The van der Waals surface area contributed by atoms with Crippen molar-refractivity contribution in [2.24, 2.45) is 0 Å². The molecule has 3 atom stereocenters. The number of likely N-dealkylation sites (N-methyl/N-ethyl adjacent to an activating group) is 1. The number of nitrogens with one attached hydrogen (secondary N) is 1. The van der Waals surface area contributed by atoms with E-state index < -0.39 is 20.0 Å². The summed E-state index contributed by atoms with van der Waals surface area (Å²) in [5, 5.41) is 13.8. The monoisotopic (exact) mass is 900 g/mol. The van der Waals surface area contributed by atoms with Gasteiger partial charge in [-0.25, -0.2) is 4.57 Å². The number of allylic oxidation sites excluding steroid dienone is 15. The van der Waals surface area contributed by atoms with E-state index in [0.29, 0.717) is 17.4 Å². The third-order valence-electron chi connectivity index (χ3n) is 10.6. The first-order valence-corrected chi connectivity index (χ1v) is 26.6. The fraction of sp³-hybridized carbons (Fsp3) is 0.685. The van der Waals surface area contributed by atoms with Crippen LogP contribution in [0.3, 0.4) is 0 Å². The summed E-state index contributed by atoms with van der Waals surface area (Å²) in [6, 6.07) is -0.910. The topological polar surface area (TPSA) is 105 Å². The molecule has 0 aliphatic heterocycles. The van der Waals surface area contributed by atoms with Gasteiger partial charge in [0.1, 0.15) is 13.2 Å². The lowest BCUT2D eigenvalue weighted by molar-refractivity contribution is -0.870. The molecular weight excluding hydrogens is 804 g/mol. The maximum atomic E-state index is 12.9. The van der Waals surface area contributed by atoms with Gasteiger partial charge in [0.2, 0.25) is 5.91 Å². The second kappa shape index (κ2) is 44.6. The van der Waals surface area contributed by atoms with Gasteiger partial charge in [0.05, 0.1) is 39.9 Å². The van der Waals surface area contributed by atoms with Crippen LogP contribution in [0.15, 0.2) is 97.2 Å². The molecule has 3 unspecified atom stereocenters. The Morgan fingerprint density at radius 3 is 1.44 bits per heavy atom. The normalized spacial score (nSPS) is 15.0. The first-order chi connectivity index (χ1) is 30.5. The fourth-order valence-electron chi connectivity index (χ4n) is 6.61. The summed E-state index contributed by atoms with van der Waals surface area (Å²) in [7, 11) is 1.49. The van der Waals surface area contributed by atoms with Crippen molar-refractivity contribution < 1.29 is 32.9 Å². The molecule has 0 bridgehead atoms. The molecule has 0 fully saturated rings. The van der Waals surface area contributed by atoms with Gasteiger partial charge in [-0.05, 0) is 70.6 Å². The summed E-state index contributed by atoms with van der Waals surface area (Å²) in [4.78, 5) is 23.2. The molecule has 0 heterocycles. The highest BCUT2D eigenvalue weighted by atomic mass is 31.2. The Hall–Kier alpha value is -2.58. The number of rotatable bonds is 44. The molecule has 362 valence electrons. The highest BCUT2D eigenvalue weighted by Gasteiger charge is 2.27. The molecule has 0 spiro atoms. The predicted molar refractivity (Wildman–Crippen MR) is 272 cm³/mol. The molecule has 0 rings (SSSR count). The van der Waals surface area contributed by atoms with Crippen LogP contribution in [0, 0.1) is 0 Å². The lowest BCUT2D eigenvalue weighted by atomic mass is 10.0. The lowest BCUT2D eigenvalue weighted by Gasteiger charge is -2.25. The molecular formula is C54H96N2O6P+. The van der Waals surface area contributed by atoms with E-state index in [1.807, 2.05) is 39.4 Å². The molecule has 1 amide bonds. The maximum Gasteiger partial charge on any atom is 0.472 e. The molecule has 3 N–H and O–H groups in total. The summed E-state index contributed by atoms with van der Waals surface area (Å²) in [5.41, 5.74) is 0. The summed E-state index contributed by atoms with van der Waals surface area (Å²) in [6.45, 7) is 4.61. The van der Waals surface area contributed by atoms with E-state index in [4.69, 9.17) is 9.05 Å². The van der Waals surface area contributed by atoms with E-state index in [1.165, 1.54) is 103 Å². The van der Waals surface area contributed by atoms with Gasteiger partial charge in [-0.1, -0.05) is 207 Å². The zero-order chi connectivity index (χ0) is 46.4. The minimum absolute atomic E-state index is 0.0374. The van der Waals surface area contributed by atoms with Crippen LogP contribution in [-0.2, 0) is 18.4 Å². The zero-order valence-electron chi connectivity index (χ0n) is 41.0. The van der Waals surface area contributed by atoms with E-state index in [9.17, 15) is 19.4 Å². The van der Waals surface area contributed by atoms with Gasteiger partial charge in [-0.15, -0.1) is 0 Å². The number of carbonyl (C=O) groups is 1.